The first-order valence-corrected chi connectivity index (χ1v) is 10.1. The van der Waals surface area contributed by atoms with Gasteiger partial charge in [0.15, 0.2) is 0 Å². The zero-order valence-corrected chi connectivity index (χ0v) is 16.6. The number of hydrogen-bond donors (Lipinski definition) is 1. The highest BCUT2D eigenvalue weighted by molar-refractivity contribution is 6.05. The Morgan fingerprint density at radius 3 is 2.75 bits per heavy atom. The minimum atomic E-state index is -2.78. The molecule has 2 aliphatic rings. The fraction of sp³-hybridized carbons (Fsp3) is 0.545. The van der Waals surface area contributed by atoms with Gasteiger partial charge in [-0.15, -0.1) is 0 Å². The second-order valence-corrected chi connectivity index (χ2v) is 8.59. The zero-order chi connectivity index (χ0) is 20.0. The first-order chi connectivity index (χ1) is 13.4. The molecule has 6 heteroatoms. The molecule has 1 aromatic heterocycles. The van der Waals surface area contributed by atoms with E-state index in [2.05, 4.69) is 30.3 Å². The molecule has 1 N–H and O–H groups in total. The van der Waals surface area contributed by atoms with E-state index in [1.54, 1.807) is 7.05 Å². The van der Waals surface area contributed by atoms with E-state index in [0.29, 0.717) is 23.7 Å². The molecular formula is C22H27F2N3O. The summed E-state index contributed by atoms with van der Waals surface area (Å²) < 4.78 is 27.7. The highest BCUT2D eigenvalue weighted by atomic mass is 19.3. The summed E-state index contributed by atoms with van der Waals surface area (Å²) >= 11 is 0. The van der Waals surface area contributed by atoms with Gasteiger partial charge in [0.1, 0.15) is 5.69 Å². The minimum absolute atomic E-state index is 0.0605. The predicted molar refractivity (Wildman–Crippen MR) is 105 cm³/mol. The van der Waals surface area contributed by atoms with Crippen molar-refractivity contribution in [2.45, 2.75) is 57.8 Å². The van der Waals surface area contributed by atoms with E-state index in [0.717, 1.165) is 12.1 Å². The third kappa shape index (κ3) is 3.23. The van der Waals surface area contributed by atoms with Crippen LogP contribution in [0.5, 0.6) is 0 Å². The molecule has 0 saturated heterocycles. The summed E-state index contributed by atoms with van der Waals surface area (Å²) in [5, 5.41) is 6.65. The van der Waals surface area contributed by atoms with Gasteiger partial charge in [-0.25, -0.2) is 8.78 Å². The number of hydrogen-bond acceptors (Lipinski definition) is 2. The summed E-state index contributed by atoms with van der Waals surface area (Å²) in [6.45, 7) is 4.51. The van der Waals surface area contributed by atoms with Crippen LogP contribution in [-0.4, -0.2) is 15.7 Å². The van der Waals surface area contributed by atoms with E-state index in [4.69, 9.17) is 0 Å². The number of anilines is 1. The Morgan fingerprint density at radius 1 is 1.29 bits per heavy atom. The van der Waals surface area contributed by atoms with Crippen molar-refractivity contribution in [3.8, 4) is 0 Å². The second-order valence-electron chi connectivity index (χ2n) is 8.59. The van der Waals surface area contributed by atoms with Gasteiger partial charge in [0, 0.05) is 18.9 Å². The molecule has 2 bridgehead atoms. The Hall–Kier alpha value is -2.24. The van der Waals surface area contributed by atoms with Gasteiger partial charge in [-0.3, -0.25) is 9.48 Å². The molecule has 2 aromatic rings. The quantitative estimate of drug-likeness (QED) is 0.697. The van der Waals surface area contributed by atoms with Gasteiger partial charge in [0.25, 0.3) is 12.3 Å². The topological polar surface area (TPSA) is 46.9 Å². The van der Waals surface area contributed by atoms with Crippen LogP contribution in [-0.2, 0) is 7.05 Å². The standard InChI is InChI=1S/C22H27F2N3O/c1-12(2)7-8-13-14-9-10-16(13)19-15(14)5-4-6-18(19)25-22(28)17-11-27(3)26-20(17)21(23)24/h4-6,11-14,16,21H,7-10H2,1-3H3,(H,25,28). The van der Waals surface area contributed by atoms with Crippen molar-refractivity contribution < 1.29 is 13.6 Å². The third-order valence-corrected chi connectivity index (χ3v) is 6.37. The number of halogens is 2. The van der Waals surface area contributed by atoms with Crippen molar-refractivity contribution in [3.63, 3.8) is 0 Å². The highest BCUT2D eigenvalue weighted by Gasteiger charge is 2.46. The zero-order valence-electron chi connectivity index (χ0n) is 16.6. The van der Waals surface area contributed by atoms with Crippen LogP contribution in [0.4, 0.5) is 14.5 Å². The number of benzene rings is 1. The van der Waals surface area contributed by atoms with Crippen LogP contribution >= 0.6 is 0 Å². The molecule has 1 saturated carbocycles. The summed E-state index contributed by atoms with van der Waals surface area (Å²) in [5.74, 6) is 1.81. The van der Waals surface area contributed by atoms with Gasteiger partial charge in [-0.05, 0) is 60.1 Å². The predicted octanol–water partition coefficient (Wildman–Crippen LogP) is 5.64. The van der Waals surface area contributed by atoms with E-state index < -0.39 is 18.0 Å². The molecule has 1 aromatic carbocycles. The van der Waals surface area contributed by atoms with Gasteiger partial charge in [-0.2, -0.15) is 5.10 Å². The molecule has 0 spiro atoms. The van der Waals surface area contributed by atoms with E-state index in [-0.39, 0.29) is 5.56 Å². The largest absolute Gasteiger partial charge is 0.322 e. The number of aryl methyl sites for hydroxylation is 1. The number of alkyl halides is 2. The van der Waals surface area contributed by atoms with Crippen molar-refractivity contribution >= 4 is 11.6 Å². The van der Waals surface area contributed by atoms with E-state index in [1.165, 1.54) is 41.3 Å². The lowest BCUT2D eigenvalue weighted by atomic mass is 9.88. The third-order valence-electron chi connectivity index (χ3n) is 6.37. The normalized spacial score (nSPS) is 22.9. The van der Waals surface area contributed by atoms with Crippen LogP contribution < -0.4 is 5.32 Å². The summed E-state index contributed by atoms with van der Waals surface area (Å²) in [7, 11) is 1.54. The fourth-order valence-electron chi connectivity index (χ4n) is 5.20. The Balaban J connectivity index is 1.60. The van der Waals surface area contributed by atoms with Gasteiger partial charge >= 0.3 is 0 Å². The SMILES string of the molecule is CC(C)CCC1C2CCC1c1c(NC(=O)c3cn(C)nc3C(F)F)cccc12. The number of nitrogens with zero attached hydrogens (tertiary/aromatic N) is 2. The number of fused-ring (bicyclic) bond motifs is 5. The van der Waals surface area contributed by atoms with Crippen LogP contribution in [0.2, 0.25) is 0 Å². The van der Waals surface area contributed by atoms with Gasteiger partial charge in [0.05, 0.1) is 5.56 Å². The Bertz CT molecular complexity index is 890. The lowest BCUT2D eigenvalue weighted by Gasteiger charge is -2.19. The summed E-state index contributed by atoms with van der Waals surface area (Å²) in [6, 6.07) is 6.03. The molecule has 1 amide bonds. The number of aromatic nitrogens is 2. The smallest absolute Gasteiger partial charge is 0.282 e. The van der Waals surface area contributed by atoms with Crippen molar-refractivity contribution in [1.82, 2.24) is 9.78 Å². The molecule has 2 aliphatic carbocycles. The van der Waals surface area contributed by atoms with E-state index in [9.17, 15) is 13.6 Å². The van der Waals surface area contributed by atoms with Crippen LogP contribution in [0.3, 0.4) is 0 Å². The van der Waals surface area contributed by atoms with Crippen molar-refractivity contribution in [3.05, 3.63) is 46.8 Å². The van der Waals surface area contributed by atoms with Crippen LogP contribution in [0.25, 0.3) is 0 Å². The Labute approximate surface area is 164 Å². The van der Waals surface area contributed by atoms with Gasteiger partial charge < -0.3 is 5.32 Å². The summed E-state index contributed by atoms with van der Waals surface area (Å²) in [4.78, 5) is 12.8. The average molecular weight is 387 g/mol. The van der Waals surface area contributed by atoms with Gasteiger partial charge in [-0.1, -0.05) is 32.4 Å². The Morgan fingerprint density at radius 2 is 2.04 bits per heavy atom. The molecule has 28 heavy (non-hydrogen) atoms. The summed E-state index contributed by atoms with van der Waals surface area (Å²) in [5.41, 5.74) is 2.80. The molecular weight excluding hydrogens is 360 g/mol. The molecule has 4 rings (SSSR count). The van der Waals surface area contributed by atoms with Crippen molar-refractivity contribution in [2.24, 2.45) is 18.9 Å². The fourth-order valence-corrected chi connectivity index (χ4v) is 5.20. The number of nitrogens with one attached hydrogen (secondary N) is 1. The number of carbonyl (C=O) groups is 1. The number of carbonyl (C=O) groups excluding carboxylic acids is 1. The first-order valence-electron chi connectivity index (χ1n) is 10.1. The Kier molecular flexibility index (Phi) is 4.98. The summed E-state index contributed by atoms with van der Waals surface area (Å²) in [6.07, 6.45) is 3.34. The van der Waals surface area contributed by atoms with Crippen molar-refractivity contribution in [2.75, 3.05) is 5.32 Å². The van der Waals surface area contributed by atoms with Crippen LogP contribution in [0.15, 0.2) is 24.4 Å². The number of rotatable bonds is 6. The monoisotopic (exact) mass is 387 g/mol. The van der Waals surface area contributed by atoms with Crippen LogP contribution in [0.1, 0.15) is 85.0 Å². The molecule has 0 radical (unpaired) electrons. The highest BCUT2D eigenvalue weighted by Crippen LogP contribution is 2.60. The van der Waals surface area contributed by atoms with E-state index >= 15 is 0 Å². The number of amides is 1. The molecule has 150 valence electrons. The molecule has 1 heterocycles. The van der Waals surface area contributed by atoms with E-state index in [1.807, 2.05) is 12.1 Å². The maximum absolute atomic E-state index is 13.2. The van der Waals surface area contributed by atoms with Gasteiger partial charge in [0.2, 0.25) is 0 Å². The molecule has 4 nitrogen and oxygen atoms in total. The maximum atomic E-state index is 13.2. The lowest BCUT2D eigenvalue weighted by Crippen LogP contribution is -2.16. The average Bonchev–Trinajstić information content (AvgIpc) is 3.31. The minimum Gasteiger partial charge on any atom is -0.322 e. The molecule has 3 unspecified atom stereocenters. The maximum Gasteiger partial charge on any atom is 0.282 e. The molecule has 1 fully saturated rings. The van der Waals surface area contributed by atoms with Crippen molar-refractivity contribution in [1.29, 1.82) is 0 Å². The molecule has 0 aliphatic heterocycles. The first kappa shape index (κ1) is 19.1. The second kappa shape index (κ2) is 7.30. The molecule has 3 atom stereocenters. The van der Waals surface area contributed by atoms with Crippen LogP contribution in [0, 0.1) is 11.8 Å². The lowest BCUT2D eigenvalue weighted by molar-refractivity contribution is 0.101.